The first-order valence-electron chi connectivity index (χ1n) is 7.25. The van der Waals surface area contributed by atoms with Crippen LogP contribution in [0.5, 0.6) is 0 Å². The monoisotopic (exact) mass is 352 g/mol. The first-order chi connectivity index (χ1) is 10.8. The molecule has 0 aliphatic heterocycles. The average Bonchev–Trinajstić information content (AvgIpc) is 2.89. The Balaban J connectivity index is 1.92. The largest absolute Gasteiger partial charge is 0.350 e. The highest BCUT2D eigenvalue weighted by Gasteiger charge is 2.12. The smallest absolute Gasteiger partial charge is 0.220 e. The Hall–Kier alpha value is -1.73. The highest BCUT2D eigenvalue weighted by Crippen LogP contribution is 2.17. The minimum Gasteiger partial charge on any atom is -0.350 e. The number of benzene rings is 1. The minimum atomic E-state index is -3.20. The van der Waals surface area contributed by atoms with Crippen LogP contribution in [0.3, 0.4) is 0 Å². The summed E-state index contributed by atoms with van der Waals surface area (Å²) in [4.78, 5) is 17.6. The van der Waals surface area contributed by atoms with Gasteiger partial charge in [-0.15, -0.1) is 11.3 Å². The molecular formula is C16H20N2O3S2. The molecule has 1 amide bonds. The van der Waals surface area contributed by atoms with Crippen molar-refractivity contribution in [2.75, 3.05) is 6.26 Å². The molecule has 0 saturated carbocycles. The fourth-order valence-corrected chi connectivity index (χ4v) is 3.61. The van der Waals surface area contributed by atoms with Crippen molar-refractivity contribution in [3.8, 4) is 0 Å². The standard InChI is InChI=1S/C16H20N2O3S2/c1-11(13-4-6-14(7-5-13)23(3,20)21)18-16(19)9-8-15-12(2)17-10-22-15/h4-7,10-11H,8-9H2,1-3H3,(H,18,19)/t11-/m1/s1. The van der Waals surface area contributed by atoms with Crippen molar-refractivity contribution in [1.29, 1.82) is 0 Å². The topological polar surface area (TPSA) is 76.1 Å². The van der Waals surface area contributed by atoms with Crippen LogP contribution in [0.2, 0.25) is 0 Å². The molecule has 7 heteroatoms. The zero-order chi connectivity index (χ0) is 17.0. The molecule has 1 heterocycles. The van der Waals surface area contributed by atoms with Gasteiger partial charge in [0.15, 0.2) is 9.84 Å². The Kier molecular flexibility index (Phi) is 5.54. The van der Waals surface area contributed by atoms with Gasteiger partial charge < -0.3 is 5.32 Å². The normalized spacial score (nSPS) is 12.8. The number of amides is 1. The molecular weight excluding hydrogens is 332 g/mol. The van der Waals surface area contributed by atoms with Gasteiger partial charge in [0.25, 0.3) is 0 Å². The summed E-state index contributed by atoms with van der Waals surface area (Å²) in [6.45, 7) is 3.82. The second kappa shape index (κ2) is 7.23. The SMILES string of the molecule is Cc1ncsc1CCC(=O)N[C@H](C)c1ccc(S(C)(=O)=O)cc1. The molecule has 2 aromatic rings. The van der Waals surface area contributed by atoms with E-state index in [1.807, 2.05) is 13.8 Å². The molecule has 1 atom stereocenters. The molecule has 2 rings (SSSR count). The van der Waals surface area contributed by atoms with Gasteiger partial charge in [-0.25, -0.2) is 13.4 Å². The fraction of sp³-hybridized carbons (Fsp3) is 0.375. The minimum absolute atomic E-state index is 0.0301. The van der Waals surface area contributed by atoms with Gasteiger partial charge in [0.05, 0.1) is 22.1 Å². The fourth-order valence-electron chi connectivity index (χ4n) is 2.19. The number of carbonyl (C=O) groups is 1. The Bertz CT molecular complexity index is 780. The third-order valence-electron chi connectivity index (χ3n) is 3.61. The summed E-state index contributed by atoms with van der Waals surface area (Å²) < 4.78 is 22.9. The van der Waals surface area contributed by atoms with Gasteiger partial charge in [-0.1, -0.05) is 12.1 Å². The Morgan fingerprint density at radius 3 is 2.48 bits per heavy atom. The van der Waals surface area contributed by atoms with Gasteiger partial charge in [0.1, 0.15) is 0 Å². The molecule has 1 N–H and O–H groups in total. The van der Waals surface area contributed by atoms with E-state index in [4.69, 9.17) is 0 Å². The number of hydrogen-bond donors (Lipinski definition) is 1. The van der Waals surface area contributed by atoms with Crippen LogP contribution in [-0.2, 0) is 21.1 Å². The van der Waals surface area contributed by atoms with Crippen molar-refractivity contribution in [3.63, 3.8) is 0 Å². The molecule has 0 unspecified atom stereocenters. The van der Waals surface area contributed by atoms with E-state index in [1.165, 1.54) is 6.26 Å². The van der Waals surface area contributed by atoms with Gasteiger partial charge in [-0.05, 0) is 38.0 Å². The summed E-state index contributed by atoms with van der Waals surface area (Å²) >= 11 is 1.56. The molecule has 0 saturated heterocycles. The molecule has 5 nitrogen and oxygen atoms in total. The van der Waals surface area contributed by atoms with Crippen LogP contribution in [0.25, 0.3) is 0 Å². The van der Waals surface area contributed by atoms with Crippen molar-refractivity contribution in [2.24, 2.45) is 0 Å². The summed E-state index contributed by atoms with van der Waals surface area (Å²) in [5.41, 5.74) is 3.64. The number of rotatable bonds is 6. The predicted molar refractivity (Wildman–Crippen MR) is 91.3 cm³/mol. The zero-order valence-corrected chi connectivity index (χ0v) is 15.0. The first kappa shape index (κ1) is 17.6. The summed E-state index contributed by atoms with van der Waals surface area (Å²) in [5, 5.41) is 2.93. The number of aryl methyl sites for hydroxylation is 2. The Morgan fingerprint density at radius 1 is 1.30 bits per heavy atom. The number of aromatic nitrogens is 1. The van der Waals surface area contributed by atoms with Gasteiger partial charge >= 0.3 is 0 Å². The van der Waals surface area contributed by atoms with Crippen molar-refractivity contribution < 1.29 is 13.2 Å². The van der Waals surface area contributed by atoms with Crippen molar-refractivity contribution in [1.82, 2.24) is 10.3 Å². The van der Waals surface area contributed by atoms with Crippen LogP contribution in [0.15, 0.2) is 34.7 Å². The van der Waals surface area contributed by atoms with Crippen LogP contribution in [0.4, 0.5) is 0 Å². The maximum Gasteiger partial charge on any atom is 0.220 e. The lowest BCUT2D eigenvalue weighted by Gasteiger charge is -2.14. The molecule has 23 heavy (non-hydrogen) atoms. The third kappa shape index (κ3) is 4.87. The number of sulfone groups is 1. The summed E-state index contributed by atoms with van der Waals surface area (Å²) in [6, 6.07) is 6.42. The highest BCUT2D eigenvalue weighted by molar-refractivity contribution is 7.90. The summed E-state index contributed by atoms with van der Waals surface area (Å²) in [5.74, 6) is -0.0301. The van der Waals surface area contributed by atoms with Gasteiger partial charge in [-0.2, -0.15) is 0 Å². The van der Waals surface area contributed by atoms with E-state index in [2.05, 4.69) is 10.3 Å². The van der Waals surface area contributed by atoms with Crippen LogP contribution in [-0.4, -0.2) is 25.6 Å². The van der Waals surface area contributed by atoms with E-state index >= 15 is 0 Å². The molecule has 1 aromatic heterocycles. The molecule has 0 aliphatic carbocycles. The lowest BCUT2D eigenvalue weighted by atomic mass is 10.1. The molecule has 1 aromatic carbocycles. The number of nitrogens with zero attached hydrogens (tertiary/aromatic N) is 1. The predicted octanol–water partition coefficient (Wildman–Crippen LogP) is 2.67. The second-order valence-corrected chi connectivity index (χ2v) is 8.45. The molecule has 0 radical (unpaired) electrons. The molecule has 124 valence electrons. The van der Waals surface area contributed by atoms with E-state index in [0.29, 0.717) is 12.8 Å². The van der Waals surface area contributed by atoms with E-state index in [1.54, 1.807) is 41.1 Å². The van der Waals surface area contributed by atoms with Crippen molar-refractivity contribution in [2.45, 2.75) is 37.6 Å². The van der Waals surface area contributed by atoms with E-state index < -0.39 is 9.84 Å². The Labute approximate surface area is 140 Å². The maximum atomic E-state index is 12.0. The summed E-state index contributed by atoms with van der Waals surface area (Å²) in [7, 11) is -3.20. The lowest BCUT2D eigenvalue weighted by molar-refractivity contribution is -0.121. The number of carbonyl (C=O) groups excluding carboxylic acids is 1. The Morgan fingerprint density at radius 2 is 1.96 bits per heavy atom. The number of thiazole rings is 1. The zero-order valence-electron chi connectivity index (χ0n) is 13.4. The summed E-state index contributed by atoms with van der Waals surface area (Å²) in [6.07, 6.45) is 2.27. The maximum absolute atomic E-state index is 12.0. The second-order valence-electron chi connectivity index (χ2n) is 5.49. The molecule has 0 bridgehead atoms. The van der Waals surface area contributed by atoms with Crippen molar-refractivity contribution >= 4 is 27.1 Å². The van der Waals surface area contributed by atoms with Gasteiger partial charge in [0.2, 0.25) is 5.91 Å². The van der Waals surface area contributed by atoms with Crippen LogP contribution < -0.4 is 5.32 Å². The molecule has 0 fully saturated rings. The highest BCUT2D eigenvalue weighted by atomic mass is 32.2. The van der Waals surface area contributed by atoms with Crippen LogP contribution in [0.1, 0.15) is 35.5 Å². The van der Waals surface area contributed by atoms with E-state index in [9.17, 15) is 13.2 Å². The average molecular weight is 352 g/mol. The quantitative estimate of drug-likeness (QED) is 0.867. The lowest BCUT2D eigenvalue weighted by Crippen LogP contribution is -2.26. The number of nitrogens with one attached hydrogen (secondary N) is 1. The van der Waals surface area contributed by atoms with Crippen LogP contribution >= 0.6 is 11.3 Å². The van der Waals surface area contributed by atoms with Gasteiger partial charge in [0, 0.05) is 17.6 Å². The molecule has 0 aliphatic rings. The first-order valence-corrected chi connectivity index (χ1v) is 10.0. The number of hydrogen-bond acceptors (Lipinski definition) is 5. The third-order valence-corrected chi connectivity index (χ3v) is 5.73. The van der Waals surface area contributed by atoms with Gasteiger partial charge in [-0.3, -0.25) is 4.79 Å². The van der Waals surface area contributed by atoms with Crippen molar-refractivity contribution in [3.05, 3.63) is 45.9 Å². The molecule has 0 spiro atoms. The van der Waals surface area contributed by atoms with E-state index in [-0.39, 0.29) is 16.8 Å². The van der Waals surface area contributed by atoms with Crippen LogP contribution in [0, 0.1) is 6.92 Å². The van der Waals surface area contributed by atoms with E-state index in [0.717, 1.165) is 16.1 Å².